The molecule has 1 aliphatic rings. The second-order valence-electron chi connectivity index (χ2n) is 3.99. The Bertz CT molecular complexity index is 306. The van der Waals surface area contributed by atoms with Crippen LogP contribution in [-0.2, 0) is 0 Å². The average Bonchev–Trinajstić information content (AvgIpc) is 2.75. The Kier molecular flexibility index (Phi) is 3.62. The van der Waals surface area contributed by atoms with Gasteiger partial charge in [0.05, 0.1) is 12.6 Å². The van der Waals surface area contributed by atoms with E-state index in [9.17, 15) is 5.11 Å². The second-order valence-corrected chi connectivity index (χ2v) is 4.43. The van der Waals surface area contributed by atoms with Gasteiger partial charge < -0.3 is 5.11 Å². The molecule has 1 fully saturated rings. The zero-order valence-corrected chi connectivity index (χ0v) is 9.45. The molecule has 1 aliphatic heterocycles. The predicted octanol–water partition coefficient (Wildman–Crippen LogP) is 2.47. The molecule has 1 saturated heterocycles. The fourth-order valence-corrected chi connectivity index (χ4v) is 2.30. The lowest BCUT2D eigenvalue weighted by Crippen LogP contribution is -2.28. The molecule has 0 aromatic heterocycles. The van der Waals surface area contributed by atoms with Crippen molar-refractivity contribution in [1.29, 1.82) is 0 Å². The van der Waals surface area contributed by atoms with E-state index in [1.165, 1.54) is 12.8 Å². The lowest BCUT2D eigenvalue weighted by atomic mass is 10.1. The van der Waals surface area contributed by atoms with E-state index in [1.807, 2.05) is 24.3 Å². The van der Waals surface area contributed by atoms with Crippen LogP contribution in [0.25, 0.3) is 0 Å². The number of nitrogens with zero attached hydrogens (tertiary/aromatic N) is 1. The van der Waals surface area contributed by atoms with Crippen LogP contribution < -0.4 is 0 Å². The fourth-order valence-electron chi connectivity index (χ4n) is 2.17. The summed E-state index contributed by atoms with van der Waals surface area (Å²) in [5.41, 5.74) is 1.16. The topological polar surface area (TPSA) is 23.5 Å². The zero-order valence-electron chi connectivity index (χ0n) is 8.69. The molecule has 1 heterocycles. The molecule has 1 aromatic carbocycles. The van der Waals surface area contributed by atoms with Crippen molar-refractivity contribution in [2.45, 2.75) is 18.9 Å². The van der Waals surface area contributed by atoms with Crippen molar-refractivity contribution < 1.29 is 5.11 Å². The van der Waals surface area contributed by atoms with Crippen LogP contribution in [0.1, 0.15) is 24.4 Å². The molecule has 15 heavy (non-hydrogen) atoms. The number of aliphatic hydroxyl groups excluding tert-OH is 1. The smallest absolute Gasteiger partial charge is 0.0628 e. The van der Waals surface area contributed by atoms with Crippen LogP contribution in [0.2, 0.25) is 5.02 Å². The standard InChI is InChI=1S/C12H16ClNO/c13-11-5-3-10(4-6-11)12(9-15)14-7-1-2-8-14/h3-6,12,15H,1-2,7-9H2/t12-/m1/s1. The highest BCUT2D eigenvalue weighted by Crippen LogP contribution is 2.25. The average molecular weight is 226 g/mol. The van der Waals surface area contributed by atoms with Gasteiger partial charge in [0.1, 0.15) is 0 Å². The van der Waals surface area contributed by atoms with Gasteiger partial charge in [0.2, 0.25) is 0 Å². The van der Waals surface area contributed by atoms with Gasteiger partial charge in [-0.1, -0.05) is 23.7 Å². The summed E-state index contributed by atoms with van der Waals surface area (Å²) in [5, 5.41) is 10.2. The molecule has 0 amide bonds. The Morgan fingerprint density at radius 1 is 1.20 bits per heavy atom. The number of hydrogen-bond donors (Lipinski definition) is 1. The molecule has 2 rings (SSSR count). The largest absolute Gasteiger partial charge is 0.394 e. The van der Waals surface area contributed by atoms with Gasteiger partial charge in [-0.05, 0) is 43.6 Å². The Morgan fingerprint density at radius 2 is 1.80 bits per heavy atom. The molecule has 0 unspecified atom stereocenters. The van der Waals surface area contributed by atoms with Crippen LogP contribution in [0.5, 0.6) is 0 Å². The van der Waals surface area contributed by atoms with E-state index >= 15 is 0 Å². The highest BCUT2D eigenvalue weighted by atomic mass is 35.5. The van der Waals surface area contributed by atoms with Gasteiger partial charge in [0, 0.05) is 5.02 Å². The van der Waals surface area contributed by atoms with Crippen molar-refractivity contribution in [1.82, 2.24) is 4.90 Å². The lowest BCUT2D eigenvalue weighted by Gasteiger charge is -2.26. The van der Waals surface area contributed by atoms with Gasteiger partial charge in [0.15, 0.2) is 0 Å². The Hall–Kier alpha value is -0.570. The third kappa shape index (κ3) is 2.51. The van der Waals surface area contributed by atoms with Crippen molar-refractivity contribution in [2.75, 3.05) is 19.7 Å². The number of rotatable bonds is 3. The van der Waals surface area contributed by atoms with Gasteiger partial charge >= 0.3 is 0 Å². The van der Waals surface area contributed by atoms with Crippen molar-refractivity contribution in [3.8, 4) is 0 Å². The summed E-state index contributed by atoms with van der Waals surface area (Å²) in [4.78, 5) is 2.34. The maximum Gasteiger partial charge on any atom is 0.0628 e. The zero-order chi connectivity index (χ0) is 10.7. The minimum Gasteiger partial charge on any atom is -0.394 e. The van der Waals surface area contributed by atoms with Crippen LogP contribution >= 0.6 is 11.6 Å². The monoisotopic (exact) mass is 225 g/mol. The Morgan fingerprint density at radius 3 is 2.33 bits per heavy atom. The molecule has 3 heteroatoms. The second kappa shape index (κ2) is 4.97. The first kappa shape index (κ1) is 10.9. The molecule has 0 saturated carbocycles. The molecule has 0 bridgehead atoms. The van der Waals surface area contributed by atoms with Gasteiger partial charge in [-0.2, -0.15) is 0 Å². The Balaban J connectivity index is 2.14. The summed E-state index contributed by atoms with van der Waals surface area (Å²) >= 11 is 5.84. The van der Waals surface area contributed by atoms with Crippen molar-refractivity contribution in [3.63, 3.8) is 0 Å². The van der Waals surface area contributed by atoms with E-state index in [1.54, 1.807) is 0 Å². The van der Waals surface area contributed by atoms with Crippen LogP contribution in [0.15, 0.2) is 24.3 Å². The first-order valence-corrected chi connectivity index (χ1v) is 5.79. The molecule has 1 atom stereocenters. The highest BCUT2D eigenvalue weighted by molar-refractivity contribution is 6.30. The molecule has 82 valence electrons. The van der Waals surface area contributed by atoms with E-state index in [4.69, 9.17) is 11.6 Å². The maximum absolute atomic E-state index is 9.43. The number of halogens is 1. The quantitative estimate of drug-likeness (QED) is 0.855. The predicted molar refractivity (Wildman–Crippen MR) is 62.1 cm³/mol. The molecule has 1 aromatic rings. The fraction of sp³-hybridized carbons (Fsp3) is 0.500. The third-order valence-electron chi connectivity index (χ3n) is 3.01. The number of likely N-dealkylation sites (tertiary alicyclic amines) is 1. The van der Waals surface area contributed by atoms with E-state index in [0.29, 0.717) is 0 Å². The van der Waals surface area contributed by atoms with Crippen molar-refractivity contribution in [2.24, 2.45) is 0 Å². The van der Waals surface area contributed by atoms with Crippen LogP contribution in [0.4, 0.5) is 0 Å². The summed E-state index contributed by atoms with van der Waals surface area (Å²) in [6, 6.07) is 7.92. The molecular formula is C12H16ClNO. The molecule has 2 nitrogen and oxygen atoms in total. The number of hydrogen-bond acceptors (Lipinski definition) is 2. The SMILES string of the molecule is OC[C@H](c1ccc(Cl)cc1)N1CCCC1. The molecule has 1 N–H and O–H groups in total. The Labute approximate surface area is 95.5 Å². The van der Waals surface area contributed by atoms with Gasteiger partial charge in [-0.3, -0.25) is 4.90 Å². The van der Waals surface area contributed by atoms with E-state index in [2.05, 4.69) is 4.90 Å². The third-order valence-corrected chi connectivity index (χ3v) is 3.26. The van der Waals surface area contributed by atoms with E-state index in [0.717, 1.165) is 23.7 Å². The normalized spacial score (nSPS) is 19.3. The minimum absolute atomic E-state index is 0.143. The summed E-state index contributed by atoms with van der Waals surface area (Å²) in [7, 11) is 0. The number of benzene rings is 1. The number of aliphatic hydroxyl groups is 1. The molecule has 0 radical (unpaired) electrons. The van der Waals surface area contributed by atoms with Crippen molar-refractivity contribution >= 4 is 11.6 Å². The van der Waals surface area contributed by atoms with Gasteiger partial charge in [-0.25, -0.2) is 0 Å². The molecular weight excluding hydrogens is 210 g/mol. The first-order valence-electron chi connectivity index (χ1n) is 5.41. The van der Waals surface area contributed by atoms with Gasteiger partial charge in [0.25, 0.3) is 0 Å². The first-order chi connectivity index (χ1) is 7.31. The summed E-state index contributed by atoms with van der Waals surface area (Å²) in [6.45, 7) is 2.36. The van der Waals surface area contributed by atoms with Crippen LogP contribution in [0.3, 0.4) is 0 Å². The van der Waals surface area contributed by atoms with Crippen LogP contribution in [0, 0.1) is 0 Å². The van der Waals surface area contributed by atoms with Crippen LogP contribution in [-0.4, -0.2) is 29.7 Å². The van der Waals surface area contributed by atoms with E-state index < -0.39 is 0 Å². The van der Waals surface area contributed by atoms with Gasteiger partial charge in [-0.15, -0.1) is 0 Å². The highest BCUT2D eigenvalue weighted by Gasteiger charge is 2.22. The lowest BCUT2D eigenvalue weighted by molar-refractivity contribution is 0.147. The molecule has 0 aliphatic carbocycles. The summed E-state index contributed by atoms with van der Waals surface area (Å²) in [5.74, 6) is 0. The minimum atomic E-state index is 0.143. The van der Waals surface area contributed by atoms with Crippen molar-refractivity contribution in [3.05, 3.63) is 34.9 Å². The summed E-state index contributed by atoms with van der Waals surface area (Å²) in [6.07, 6.45) is 2.48. The van der Waals surface area contributed by atoms with E-state index in [-0.39, 0.29) is 12.6 Å². The maximum atomic E-state index is 9.43. The molecule has 0 spiro atoms. The summed E-state index contributed by atoms with van der Waals surface area (Å²) < 4.78 is 0.